The third-order valence-electron chi connectivity index (χ3n) is 5.41. The van der Waals surface area contributed by atoms with Crippen LogP contribution in [0.5, 0.6) is 11.5 Å². The van der Waals surface area contributed by atoms with E-state index in [1.165, 1.54) is 6.21 Å². The highest BCUT2D eigenvalue weighted by Crippen LogP contribution is 2.29. The minimum atomic E-state index is -0.123. The van der Waals surface area contributed by atoms with Gasteiger partial charge < -0.3 is 24.5 Å². The molecule has 0 bridgehead atoms. The Balaban J connectivity index is 1.53. The Kier molecular flexibility index (Phi) is 6.25. The molecule has 4 rings (SSSR count). The molecule has 1 aromatic heterocycles. The SMILES string of the molecule is COc1cc(OC)cc(N2CCN(C(=O)c3cc(C=NO)nn3-c3ccccc3)CC2)c1. The average molecular weight is 435 g/mol. The van der Waals surface area contributed by atoms with Crippen LogP contribution in [0.3, 0.4) is 0 Å². The van der Waals surface area contributed by atoms with Crippen molar-refractivity contribution in [3.05, 3.63) is 66.0 Å². The summed E-state index contributed by atoms with van der Waals surface area (Å²) in [4.78, 5) is 17.4. The van der Waals surface area contributed by atoms with Crippen LogP contribution in [0.25, 0.3) is 5.69 Å². The highest BCUT2D eigenvalue weighted by molar-refractivity contribution is 5.95. The number of rotatable bonds is 6. The van der Waals surface area contributed by atoms with Crippen LogP contribution >= 0.6 is 0 Å². The number of anilines is 1. The quantitative estimate of drug-likeness (QED) is 0.364. The lowest BCUT2D eigenvalue weighted by molar-refractivity contribution is 0.0737. The molecule has 2 heterocycles. The van der Waals surface area contributed by atoms with Gasteiger partial charge in [-0.1, -0.05) is 23.4 Å². The molecule has 3 aromatic rings. The summed E-state index contributed by atoms with van der Waals surface area (Å²) in [5.41, 5.74) is 2.57. The molecule has 1 fully saturated rings. The van der Waals surface area contributed by atoms with Gasteiger partial charge >= 0.3 is 0 Å². The first-order valence-corrected chi connectivity index (χ1v) is 10.2. The average Bonchev–Trinajstić information content (AvgIpc) is 3.28. The highest BCUT2D eigenvalue weighted by atomic mass is 16.5. The van der Waals surface area contributed by atoms with Gasteiger partial charge in [0.2, 0.25) is 0 Å². The summed E-state index contributed by atoms with van der Waals surface area (Å²) in [5.74, 6) is 1.33. The molecule has 1 amide bonds. The van der Waals surface area contributed by atoms with Crippen molar-refractivity contribution in [2.45, 2.75) is 0 Å². The fourth-order valence-electron chi connectivity index (χ4n) is 3.74. The van der Waals surface area contributed by atoms with Crippen molar-refractivity contribution in [2.75, 3.05) is 45.3 Å². The van der Waals surface area contributed by atoms with Crippen LogP contribution in [0.4, 0.5) is 5.69 Å². The molecule has 9 nitrogen and oxygen atoms in total. The molecule has 166 valence electrons. The summed E-state index contributed by atoms with van der Waals surface area (Å²) in [5, 5.41) is 16.3. The number of oxime groups is 1. The van der Waals surface area contributed by atoms with Crippen LogP contribution in [0.2, 0.25) is 0 Å². The Hall–Kier alpha value is -4.01. The van der Waals surface area contributed by atoms with Gasteiger partial charge in [-0.2, -0.15) is 5.10 Å². The summed E-state index contributed by atoms with van der Waals surface area (Å²) in [6.45, 7) is 2.46. The molecule has 9 heteroatoms. The Morgan fingerprint density at radius 3 is 2.22 bits per heavy atom. The topological polar surface area (TPSA) is 92.4 Å². The van der Waals surface area contributed by atoms with Gasteiger partial charge in [0.15, 0.2) is 0 Å². The maximum absolute atomic E-state index is 13.4. The van der Waals surface area contributed by atoms with Crippen molar-refractivity contribution in [3.63, 3.8) is 0 Å². The number of carbonyl (C=O) groups is 1. The number of amides is 1. The zero-order valence-electron chi connectivity index (χ0n) is 18.0. The molecular weight excluding hydrogens is 410 g/mol. The Bertz CT molecular complexity index is 1080. The Morgan fingerprint density at radius 1 is 0.969 bits per heavy atom. The maximum Gasteiger partial charge on any atom is 0.272 e. The molecule has 1 N–H and O–H groups in total. The van der Waals surface area contributed by atoms with Crippen LogP contribution in [0.15, 0.2) is 59.8 Å². The van der Waals surface area contributed by atoms with Crippen molar-refractivity contribution < 1.29 is 19.5 Å². The monoisotopic (exact) mass is 435 g/mol. The molecule has 1 saturated heterocycles. The summed E-state index contributed by atoms with van der Waals surface area (Å²) in [7, 11) is 3.25. The van der Waals surface area contributed by atoms with Gasteiger partial charge in [0.05, 0.1) is 26.1 Å². The molecule has 1 aliphatic rings. The zero-order chi connectivity index (χ0) is 22.5. The lowest BCUT2D eigenvalue weighted by Crippen LogP contribution is -2.49. The van der Waals surface area contributed by atoms with Gasteiger partial charge in [0.25, 0.3) is 5.91 Å². The second-order valence-electron chi connectivity index (χ2n) is 7.30. The second-order valence-corrected chi connectivity index (χ2v) is 7.30. The first kappa shape index (κ1) is 21.2. The molecule has 0 atom stereocenters. The predicted octanol–water partition coefficient (Wildman–Crippen LogP) is 2.66. The van der Waals surface area contributed by atoms with Crippen LogP contribution in [0.1, 0.15) is 16.2 Å². The first-order chi connectivity index (χ1) is 15.6. The number of methoxy groups -OCH3 is 2. The number of hydrogen-bond donors (Lipinski definition) is 1. The number of nitrogens with zero attached hydrogens (tertiary/aromatic N) is 5. The molecule has 2 aromatic carbocycles. The van der Waals surface area contributed by atoms with Crippen LogP contribution < -0.4 is 14.4 Å². The molecule has 32 heavy (non-hydrogen) atoms. The molecule has 1 aliphatic heterocycles. The number of hydrogen-bond acceptors (Lipinski definition) is 7. The van der Waals surface area contributed by atoms with Gasteiger partial charge in [-0.25, -0.2) is 4.68 Å². The molecule has 0 radical (unpaired) electrons. The Morgan fingerprint density at radius 2 is 1.62 bits per heavy atom. The van der Waals surface area contributed by atoms with Crippen molar-refractivity contribution in [1.29, 1.82) is 0 Å². The smallest absolute Gasteiger partial charge is 0.272 e. The highest BCUT2D eigenvalue weighted by Gasteiger charge is 2.26. The van der Waals surface area contributed by atoms with Gasteiger partial charge in [0.1, 0.15) is 22.9 Å². The van der Waals surface area contributed by atoms with E-state index in [9.17, 15) is 4.79 Å². The van der Waals surface area contributed by atoms with E-state index in [-0.39, 0.29) is 5.91 Å². The van der Waals surface area contributed by atoms with E-state index in [1.54, 1.807) is 25.0 Å². The predicted molar refractivity (Wildman–Crippen MR) is 121 cm³/mol. The van der Waals surface area contributed by atoms with Crippen LogP contribution in [-0.4, -0.2) is 72.4 Å². The second kappa shape index (κ2) is 9.42. The maximum atomic E-state index is 13.4. The van der Waals surface area contributed by atoms with E-state index < -0.39 is 0 Å². The summed E-state index contributed by atoms with van der Waals surface area (Å²) < 4.78 is 12.3. The third-order valence-corrected chi connectivity index (χ3v) is 5.41. The number of ether oxygens (including phenoxy) is 2. The minimum Gasteiger partial charge on any atom is -0.497 e. The van der Waals surface area contributed by atoms with Crippen molar-refractivity contribution in [3.8, 4) is 17.2 Å². The fraction of sp³-hybridized carbons (Fsp3) is 0.261. The van der Waals surface area contributed by atoms with Crippen molar-refractivity contribution >= 4 is 17.8 Å². The van der Waals surface area contributed by atoms with Gasteiger partial charge in [-0.05, 0) is 18.2 Å². The van der Waals surface area contributed by atoms with Crippen molar-refractivity contribution in [2.24, 2.45) is 5.16 Å². The normalized spacial score (nSPS) is 14.1. The standard InChI is InChI=1S/C23H25N5O4/c1-31-20-13-19(14-21(15-20)32-2)26-8-10-27(11-9-26)23(29)22-12-17(16-24-30)25-28(22)18-6-4-3-5-7-18/h3-7,12-16,30H,8-11H2,1-2H3. The number of aromatic nitrogens is 2. The molecular formula is C23H25N5O4. The molecule has 0 aliphatic carbocycles. The first-order valence-electron chi connectivity index (χ1n) is 10.2. The summed E-state index contributed by atoms with van der Waals surface area (Å²) in [6, 6.07) is 16.8. The van der Waals surface area contributed by atoms with E-state index in [0.29, 0.717) is 37.6 Å². The number of benzene rings is 2. The van der Waals surface area contributed by atoms with Crippen LogP contribution in [0, 0.1) is 0 Å². The van der Waals surface area contributed by atoms with Gasteiger partial charge in [-0.3, -0.25) is 4.79 Å². The molecule has 0 saturated carbocycles. The Labute approximate surface area is 186 Å². The molecule has 0 unspecified atom stereocenters. The fourth-order valence-corrected chi connectivity index (χ4v) is 3.74. The zero-order valence-corrected chi connectivity index (χ0v) is 18.0. The number of para-hydroxylation sites is 1. The van der Waals surface area contributed by atoms with Crippen LogP contribution in [-0.2, 0) is 0 Å². The van der Waals surface area contributed by atoms with Crippen molar-refractivity contribution in [1.82, 2.24) is 14.7 Å². The largest absolute Gasteiger partial charge is 0.497 e. The summed E-state index contributed by atoms with van der Waals surface area (Å²) in [6.07, 6.45) is 1.21. The number of carbonyl (C=O) groups excluding carboxylic acids is 1. The van der Waals surface area contributed by atoms with E-state index in [4.69, 9.17) is 14.7 Å². The van der Waals surface area contributed by atoms with E-state index in [2.05, 4.69) is 15.2 Å². The van der Waals surface area contributed by atoms with E-state index in [1.807, 2.05) is 53.4 Å². The lowest BCUT2D eigenvalue weighted by atomic mass is 10.2. The summed E-state index contributed by atoms with van der Waals surface area (Å²) >= 11 is 0. The lowest BCUT2D eigenvalue weighted by Gasteiger charge is -2.36. The minimum absolute atomic E-state index is 0.123. The van der Waals surface area contributed by atoms with Gasteiger partial charge in [0, 0.05) is 50.1 Å². The van der Waals surface area contributed by atoms with E-state index >= 15 is 0 Å². The molecule has 0 spiro atoms. The number of piperazine rings is 1. The van der Waals surface area contributed by atoms with E-state index in [0.717, 1.165) is 22.9 Å². The van der Waals surface area contributed by atoms with Gasteiger partial charge in [-0.15, -0.1) is 0 Å². The third kappa shape index (κ3) is 4.36.